The molecule has 23 heavy (non-hydrogen) atoms. The van der Waals surface area contributed by atoms with Crippen molar-refractivity contribution >= 4 is 17.8 Å². The molecule has 2 N–H and O–H groups in total. The normalized spacial score (nSPS) is 15.2. The van der Waals surface area contributed by atoms with Crippen LogP contribution in [0.1, 0.15) is 23.2 Å². The molecule has 8 nitrogen and oxygen atoms in total. The van der Waals surface area contributed by atoms with Gasteiger partial charge in [0.1, 0.15) is 18.4 Å². The lowest BCUT2D eigenvalue weighted by atomic mass is 10.0. The van der Waals surface area contributed by atoms with Crippen LogP contribution in [0.4, 0.5) is 10.6 Å². The van der Waals surface area contributed by atoms with Crippen LogP contribution in [-0.2, 0) is 0 Å². The van der Waals surface area contributed by atoms with Gasteiger partial charge in [0.2, 0.25) is 0 Å². The summed E-state index contributed by atoms with van der Waals surface area (Å²) in [4.78, 5) is 33.6. The van der Waals surface area contributed by atoms with E-state index in [9.17, 15) is 9.59 Å². The summed E-state index contributed by atoms with van der Waals surface area (Å²) in [6.07, 6.45) is 7.28. The molecule has 0 radical (unpaired) electrons. The van der Waals surface area contributed by atoms with Gasteiger partial charge in [0.25, 0.3) is 5.91 Å². The molecule has 0 aromatic carbocycles. The summed E-state index contributed by atoms with van der Waals surface area (Å²) >= 11 is 0. The number of aromatic nitrogens is 2. The molecular formula is C15H17N5O3. The summed E-state index contributed by atoms with van der Waals surface area (Å²) in [5, 5.41) is 5.55. The molecule has 120 valence electrons. The van der Waals surface area contributed by atoms with E-state index in [4.69, 9.17) is 4.42 Å². The van der Waals surface area contributed by atoms with Crippen molar-refractivity contribution in [1.29, 1.82) is 0 Å². The summed E-state index contributed by atoms with van der Waals surface area (Å²) in [5.41, 5.74) is 0.554. The first kappa shape index (κ1) is 15.0. The Hall–Kier alpha value is -2.90. The van der Waals surface area contributed by atoms with Gasteiger partial charge >= 0.3 is 6.03 Å². The Balaban J connectivity index is 1.46. The maximum absolute atomic E-state index is 12.2. The average Bonchev–Trinajstić information content (AvgIpc) is 3.10. The molecule has 2 aromatic rings. The molecule has 1 saturated heterocycles. The van der Waals surface area contributed by atoms with Crippen LogP contribution in [0.3, 0.4) is 0 Å². The van der Waals surface area contributed by atoms with Crippen LogP contribution >= 0.6 is 0 Å². The van der Waals surface area contributed by atoms with E-state index in [1.807, 2.05) is 0 Å². The number of urea groups is 1. The third-order valence-corrected chi connectivity index (χ3v) is 3.71. The number of piperidine rings is 1. The number of amides is 3. The Bertz CT molecular complexity index is 651. The number of likely N-dealkylation sites (tertiary alicyclic amines) is 1. The van der Waals surface area contributed by atoms with Gasteiger partial charge in [-0.2, -0.15) is 0 Å². The van der Waals surface area contributed by atoms with Crippen LogP contribution in [0.5, 0.6) is 0 Å². The summed E-state index contributed by atoms with van der Waals surface area (Å²) < 4.78 is 4.93. The maximum atomic E-state index is 12.2. The highest BCUT2D eigenvalue weighted by molar-refractivity contribution is 5.94. The molecule has 2 aromatic heterocycles. The highest BCUT2D eigenvalue weighted by Crippen LogP contribution is 2.14. The van der Waals surface area contributed by atoms with Gasteiger partial charge in [0.15, 0.2) is 0 Å². The van der Waals surface area contributed by atoms with Gasteiger partial charge in [-0.05, 0) is 25.0 Å². The van der Waals surface area contributed by atoms with E-state index in [1.54, 1.807) is 23.2 Å². The number of hydrogen-bond donors (Lipinski definition) is 2. The monoisotopic (exact) mass is 315 g/mol. The zero-order valence-electron chi connectivity index (χ0n) is 12.4. The Morgan fingerprint density at radius 3 is 2.74 bits per heavy atom. The van der Waals surface area contributed by atoms with Crippen LogP contribution in [0.2, 0.25) is 0 Å². The third-order valence-electron chi connectivity index (χ3n) is 3.71. The number of rotatable bonds is 3. The SMILES string of the molecule is O=C(Nc1ccncn1)NC1CCN(C(=O)c2ccoc2)CC1. The average molecular weight is 315 g/mol. The van der Waals surface area contributed by atoms with Crippen LogP contribution in [0.25, 0.3) is 0 Å². The smallest absolute Gasteiger partial charge is 0.320 e. The van der Waals surface area contributed by atoms with E-state index in [0.717, 1.165) is 0 Å². The minimum atomic E-state index is -0.302. The van der Waals surface area contributed by atoms with Gasteiger partial charge in [-0.1, -0.05) is 0 Å². The lowest BCUT2D eigenvalue weighted by Crippen LogP contribution is -2.47. The Morgan fingerprint density at radius 2 is 2.09 bits per heavy atom. The van der Waals surface area contributed by atoms with Crippen molar-refractivity contribution in [2.75, 3.05) is 18.4 Å². The number of nitrogens with zero attached hydrogens (tertiary/aromatic N) is 3. The van der Waals surface area contributed by atoms with Crippen molar-refractivity contribution in [2.45, 2.75) is 18.9 Å². The van der Waals surface area contributed by atoms with Gasteiger partial charge in [-0.3, -0.25) is 10.1 Å². The second kappa shape index (κ2) is 6.91. The molecule has 0 bridgehead atoms. The van der Waals surface area contributed by atoms with Gasteiger partial charge < -0.3 is 14.6 Å². The van der Waals surface area contributed by atoms with Crippen molar-refractivity contribution in [2.24, 2.45) is 0 Å². The van der Waals surface area contributed by atoms with Crippen LogP contribution < -0.4 is 10.6 Å². The first-order valence-electron chi connectivity index (χ1n) is 7.37. The lowest BCUT2D eigenvalue weighted by molar-refractivity contribution is 0.0708. The number of carbonyl (C=O) groups is 2. The predicted molar refractivity (Wildman–Crippen MR) is 81.8 cm³/mol. The molecule has 1 fully saturated rings. The summed E-state index contributed by atoms with van der Waals surface area (Å²) in [6.45, 7) is 1.20. The van der Waals surface area contributed by atoms with Crippen molar-refractivity contribution in [3.63, 3.8) is 0 Å². The Morgan fingerprint density at radius 1 is 1.26 bits per heavy atom. The van der Waals surface area contributed by atoms with Gasteiger partial charge in [-0.15, -0.1) is 0 Å². The van der Waals surface area contributed by atoms with Crippen molar-refractivity contribution in [3.8, 4) is 0 Å². The molecule has 0 atom stereocenters. The molecule has 3 heterocycles. The topological polar surface area (TPSA) is 100 Å². The van der Waals surface area contributed by atoms with Crippen molar-refractivity contribution < 1.29 is 14.0 Å². The molecule has 0 unspecified atom stereocenters. The fourth-order valence-electron chi connectivity index (χ4n) is 2.50. The molecule has 1 aliphatic heterocycles. The minimum Gasteiger partial charge on any atom is -0.472 e. The second-order valence-electron chi connectivity index (χ2n) is 5.27. The molecule has 3 amide bonds. The molecule has 1 aliphatic rings. The van der Waals surface area contributed by atoms with Crippen LogP contribution in [-0.4, -0.2) is 45.9 Å². The number of nitrogens with one attached hydrogen (secondary N) is 2. The fraction of sp³-hybridized carbons (Fsp3) is 0.333. The quantitative estimate of drug-likeness (QED) is 0.894. The zero-order chi connectivity index (χ0) is 16.1. The Labute approximate surface area is 132 Å². The second-order valence-corrected chi connectivity index (χ2v) is 5.27. The largest absolute Gasteiger partial charge is 0.472 e. The van der Waals surface area contributed by atoms with Gasteiger partial charge in [-0.25, -0.2) is 14.8 Å². The summed E-state index contributed by atoms with van der Waals surface area (Å²) in [7, 11) is 0. The number of furan rings is 1. The van der Waals surface area contributed by atoms with Crippen molar-refractivity contribution in [1.82, 2.24) is 20.2 Å². The number of anilines is 1. The highest BCUT2D eigenvalue weighted by atomic mass is 16.3. The third kappa shape index (κ3) is 3.85. The zero-order valence-corrected chi connectivity index (χ0v) is 12.4. The number of carbonyl (C=O) groups excluding carboxylic acids is 2. The standard InChI is InChI=1S/C15H17N5O3/c21-14(11-4-8-23-9-11)20-6-2-12(3-7-20)18-15(22)19-13-1-5-16-10-17-13/h1,4-5,8-10,12H,2-3,6-7H2,(H2,16,17,18,19,22). The first-order valence-corrected chi connectivity index (χ1v) is 7.37. The molecule has 0 aliphatic carbocycles. The molecule has 0 spiro atoms. The minimum absolute atomic E-state index is 0.0326. The molecule has 8 heteroatoms. The molecule has 0 saturated carbocycles. The Kier molecular flexibility index (Phi) is 4.51. The first-order chi connectivity index (χ1) is 11.2. The van der Waals surface area contributed by atoms with Crippen LogP contribution in [0.15, 0.2) is 41.6 Å². The van der Waals surface area contributed by atoms with Gasteiger partial charge in [0.05, 0.1) is 11.8 Å². The summed E-state index contributed by atoms with van der Waals surface area (Å²) in [6, 6.07) is 3.00. The van der Waals surface area contributed by atoms with E-state index < -0.39 is 0 Å². The van der Waals surface area contributed by atoms with Gasteiger partial charge in [0, 0.05) is 25.3 Å². The maximum Gasteiger partial charge on any atom is 0.320 e. The fourth-order valence-corrected chi connectivity index (χ4v) is 2.50. The summed E-state index contributed by atoms with van der Waals surface area (Å²) in [5.74, 6) is 0.410. The molecule has 3 rings (SSSR count). The van der Waals surface area contributed by atoms with E-state index >= 15 is 0 Å². The lowest BCUT2D eigenvalue weighted by Gasteiger charge is -2.32. The van der Waals surface area contributed by atoms with Crippen molar-refractivity contribution in [3.05, 3.63) is 42.7 Å². The van der Waals surface area contributed by atoms with E-state index in [-0.39, 0.29) is 18.0 Å². The predicted octanol–water partition coefficient (Wildman–Crippen LogP) is 1.50. The van der Waals surface area contributed by atoms with E-state index in [0.29, 0.717) is 37.3 Å². The highest BCUT2D eigenvalue weighted by Gasteiger charge is 2.25. The van der Waals surface area contributed by atoms with Crippen LogP contribution in [0, 0.1) is 0 Å². The molecular weight excluding hydrogens is 298 g/mol. The van der Waals surface area contributed by atoms with E-state index in [1.165, 1.54) is 18.9 Å². The number of hydrogen-bond acceptors (Lipinski definition) is 5. The van der Waals surface area contributed by atoms with E-state index in [2.05, 4.69) is 20.6 Å².